The highest BCUT2D eigenvalue weighted by molar-refractivity contribution is 6.30. The van der Waals surface area contributed by atoms with Gasteiger partial charge in [-0.3, -0.25) is 4.90 Å². The van der Waals surface area contributed by atoms with Gasteiger partial charge >= 0.3 is 0 Å². The lowest BCUT2D eigenvalue weighted by Gasteiger charge is -2.25. The van der Waals surface area contributed by atoms with Crippen LogP contribution >= 0.6 is 11.6 Å². The first kappa shape index (κ1) is 13.8. The summed E-state index contributed by atoms with van der Waals surface area (Å²) in [5, 5.41) is 9.78. The van der Waals surface area contributed by atoms with Crippen molar-refractivity contribution in [2.24, 2.45) is 5.92 Å². The third kappa shape index (κ3) is 2.85. The zero-order chi connectivity index (χ0) is 13.3. The molecule has 1 aliphatic rings. The first-order valence-corrected chi connectivity index (χ1v) is 6.74. The molecule has 1 fully saturated rings. The van der Waals surface area contributed by atoms with E-state index in [2.05, 4.69) is 11.8 Å². The average Bonchev–Trinajstić information content (AvgIpc) is 2.81. The number of benzene rings is 1. The molecule has 3 unspecified atom stereocenters. The van der Waals surface area contributed by atoms with Crippen molar-refractivity contribution in [2.75, 3.05) is 13.1 Å². The summed E-state index contributed by atoms with van der Waals surface area (Å²) in [6, 6.07) is 5.08. The normalized spacial score (nSPS) is 24.2. The molecule has 1 aliphatic heterocycles. The maximum atomic E-state index is 13.1. The summed E-state index contributed by atoms with van der Waals surface area (Å²) in [5.41, 5.74) is 1.02. The Bertz CT molecular complexity index is 424. The molecule has 1 N–H and O–H groups in total. The van der Waals surface area contributed by atoms with Gasteiger partial charge in [0.05, 0.1) is 11.1 Å². The van der Waals surface area contributed by atoms with E-state index in [-0.39, 0.29) is 23.0 Å². The van der Waals surface area contributed by atoms with Gasteiger partial charge in [0.1, 0.15) is 5.82 Å². The Hall–Kier alpha value is -0.640. The molecule has 4 heteroatoms. The van der Waals surface area contributed by atoms with E-state index in [1.807, 2.05) is 6.92 Å². The molecule has 18 heavy (non-hydrogen) atoms. The van der Waals surface area contributed by atoms with Gasteiger partial charge in [-0.15, -0.1) is 0 Å². The largest absolute Gasteiger partial charge is 0.393 e. The van der Waals surface area contributed by atoms with Gasteiger partial charge in [-0.05, 0) is 50.4 Å². The van der Waals surface area contributed by atoms with Crippen LogP contribution in [0.1, 0.15) is 31.9 Å². The summed E-state index contributed by atoms with van der Waals surface area (Å²) in [5.74, 6) is -0.0423. The van der Waals surface area contributed by atoms with Crippen LogP contribution in [0, 0.1) is 11.7 Å². The molecule has 1 heterocycles. The SMILES string of the molecule is CC(O)C1CCN(C(C)c2ccc(F)c(Cl)c2)C1. The zero-order valence-electron chi connectivity index (χ0n) is 10.7. The molecule has 0 aromatic heterocycles. The predicted octanol–water partition coefficient (Wildman–Crippen LogP) is 3.24. The van der Waals surface area contributed by atoms with E-state index in [0.717, 1.165) is 25.1 Å². The topological polar surface area (TPSA) is 23.5 Å². The summed E-state index contributed by atoms with van der Waals surface area (Å²) in [6.45, 7) is 5.78. The summed E-state index contributed by atoms with van der Waals surface area (Å²) < 4.78 is 13.1. The molecular formula is C14H19ClFNO. The first-order chi connectivity index (χ1) is 8.49. The molecule has 1 aromatic carbocycles. The van der Waals surface area contributed by atoms with Gasteiger partial charge < -0.3 is 5.11 Å². The van der Waals surface area contributed by atoms with Crippen LogP contribution in [0.5, 0.6) is 0 Å². The number of hydrogen-bond donors (Lipinski definition) is 1. The number of hydrogen-bond acceptors (Lipinski definition) is 2. The molecule has 2 rings (SSSR count). The van der Waals surface area contributed by atoms with E-state index in [1.54, 1.807) is 12.1 Å². The highest BCUT2D eigenvalue weighted by atomic mass is 35.5. The molecule has 2 nitrogen and oxygen atoms in total. The number of nitrogens with zero attached hydrogens (tertiary/aromatic N) is 1. The number of aliphatic hydroxyl groups excluding tert-OH is 1. The fourth-order valence-electron chi connectivity index (χ4n) is 2.54. The van der Waals surface area contributed by atoms with Gasteiger partial charge in [-0.1, -0.05) is 17.7 Å². The standard InChI is InChI=1S/C14H19ClFNO/c1-9(11-3-4-14(16)13(15)7-11)17-6-5-12(8-17)10(2)18/h3-4,7,9-10,12,18H,5-6,8H2,1-2H3. The monoisotopic (exact) mass is 271 g/mol. The molecule has 3 atom stereocenters. The Morgan fingerprint density at radius 2 is 2.17 bits per heavy atom. The minimum atomic E-state index is -0.379. The third-order valence-electron chi connectivity index (χ3n) is 3.91. The van der Waals surface area contributed by atoms with Crippen LogP contribution in [0.4, 0.5) is 4.39 Å². The van der Waals surface area contributed by atoms with Crippen LogP contribution in [-0.4, -0.2) is 29.2 Å². The van der Waals surface area contributed by atoms with Crippen LogP contribution in [0.2, 0.25) is 5.02 Å². The van der Waals surface area contributed by atoms with Crippen molar-refractivity contribution in [3.05, 3.63) is 34.6 Å². The van der Waals surface area contributed by atoms with E-state index < -0.39 is 0 Å². The average molecular weight is 272 g/mol. The molecular weight excluding hydrogens is 253 g/mol. The van der Waals surface area contributed by atoms with Crippen molar-refractivity contribution in [1.29, 1.82) is 0 Å². The highest BCUT2D eigenvalue weighted by Gasteiger charge is 2.29. The lowest BCUT2D eigenvalue weighted by Crippen LogP contribution is -2.27. The first-order valence-electron chi connectivity index (χ1n) is 6.36. The number of rotatable bonds is 3. The van der Waals surface area contributed by atoms with E-state index in [9.17, 15) is 9.50 Å². The molecule has 0 radical (unpaired) electrons. The number of likely N-dealkylation sites (tertiary alicyclic amines) is 1. The van der Waals surface area contributed by atoms with E-state index in [0.29, 0.717) is 5.92 Å². The predicted molar refractivity (Wildman–Crippen MR) is 71.2 cm³/mol. The fourth-order valence-corrected chi connectivity index (χ4v) is 2.73. The van der Waals surface area contributed by atoms with Gasteiger partial charge in [0.25, 0.3) is 0 Å². The maximum Gasteiger partial charge on any atom is 0.141 e. The van der Waals surface area contributed by atoms with Crippen molar-refractivity contribution in [1.82, 2.24) is 4.90 Å². The molecule has 0 saturated carbocycles. The smallest absolute Gasteiger partial charge is 0.141 e. The molecule has 1 saturated heterocycles. The van der Waals surface area contributed by atoms with Gasteiger partial charge in [-0.25, -0.2) is 4.39 Å². The van der Waals surface area contributed by atoms with Crippen LogP contribution < -0.4 is 0 Å². The Morgan fingerprint density at radius 1 is 1.44 bits per heavy atom. The lowest BCUT2D eigenvalue weighted by molar-refractivity contribution is 0.123. The van der Waals surface area contributed by atoms with Crippen molar-refractivity contribution in [2.45, 2.75) is 32.4 Å². The minimum absolute atomic E-state index is 0.172. The molecule has 0 amide bonds. The van der Waals surface area contributed by atoms with E-state index in [4.69, 9.17) is 11.6 Å². The molecule has 0 aliphatic carbocycles. The molecule has 1 aromatic rings. The molecule has 100 valence electrons. The van der Waals surface area contributed by atoms with Crippen LogP contribution in [-0.2, 0) is 0 Å². The summed E-state index contributed by atoms with van der Waals surface area (Å²) >= 11 is 5.81. The Balaban J connectivity index is 2.07. The number of aliphatic hydroxyl groups is 1. The summed E-state index contributed by atoms with van der Waals surface area (Å²) in [7, 11) is 0. The van der Waals surface area contributed by atoms with Crippen LogP contribution in [0.3, 0.4) is 0 Å². The Labute approximate surface area is 112 Å². The maximum absolute atomic E-state index is 13.1. The summed E-state index contributed by atoms with van der Waals surface area (Å²) in [6.07, 6.45) is 0.746. The molecule has 0 bridgehead atoms. The van der Waals surface area contributed by atoms with Crippen molar-refractivity contribution in [3.63, 3.8) is 0 Å². The van der Waals surface area contributed by atoms with Gasteiger partial charge in [0.2, 0.25) is 0 Å². The Kier molecular flexibility index (Phi) is 4.25. The third-order valence-corrected chi connectivity index (χ3v) is 4.20. The van der Waals surface area contributed by atoms with Crippen molar-refractivity contribution < 1.29 is 9.50 Å². The second kappa shape index (κ2) is 5.55. The minimum Gasteiger partial charge on any atom is -0.393 e. The summed E-state index contributed by atoms with van der Waals surface area (Å²) in [4.78, 5) is 2.31. The highest BCUT2D eigenvalue weighted by Crippen LogP contribution is 2.30. The van der Waals surface area contributed by atoms with E-state index >= 15 is 0 Å². The van der Waals surface area contributed by atoms with Gasteiger partial charge in [-0.2, -0.15) is 0 Å². The number of halogens is 2. The quantitative estimate of drug-likeness (QED) is 0.912. The van der Waals surface area contributed by atoms with E-state index in [1.165, 1.54) is 6.07 Å². The van der Waals surface area contributed by atoms with Crippen molar-refractivity contribution in [3.8, 4) is 0 Å². The van der Waals surface area contributed by atoms with Crippen LogP contribution in [0.15, 0.2) is 18.2 Å². The molecule has 0 spiro atoms. The Morgan fingerprint density at radius 3 is 2.72 bits per heavy atom. The zero-order valence-corrected chi connectivity index (χ0v) is 11.5. The second-order valence-electron chi connectivity index (χ2n) is 5.13. The van der Waals surface area contributed by atoms with Gasteiger partial charge in [0.15, 0.2) is 0 Å². The second-order valence-corrected chi connectivity index (χ2v) is 5.54. The van der Waals surface area contributed by atoms with Crippen LogP contribution in [0.25, 0.3) is 0 Å². The van der Waals surface area contributed by atoms with Gasteiger partial charge in [0, 0.05) is 12.6 Å². The fraction of sp³-hybridized carbons (Fsp3) is 0.571. The lowest BCUT2D eigenvalue weighted by atomic mass is 10.0. The van der Waals surface area contributed by atoms with Crippen molar-refractivity contribution >= 4 is 11.6 Å².